The first-order valence-corrected chi connectivity index (χ1v) is 7.85. The Morgan fingerprint density at radius 1 is 1.00 bits per heavy atom. The smallest absolute Gasteiger partial charge is 0.311 e. The van der Waals surface area contributed by atoms with Gasteiger partial charge in [-0.15, -0.1) is 0 Å². The maximum absolute atomic E-state index is 11.8. The van der Waals surface area contributed by atoms with Crippen LogP contribution in [0.2, 0.25) is 0 Å². The first-order chi connectivity index (χ1) is 10.6. The molecule has 0 radical (unpaired) electrons. The minimum atomic E-state index is -0.485. The van der Waals surface area contributed by atoms with E-state index in [-0.39, 0.29) is 24.3 Å². The summed E-state index contributed by atoms with van der Waals surface area (Å²) in [4.78, 5) is 23.5. The zero-order valence-electron chi connectivity index (χ0n) is 13.1. The van der Waals surface area contributed by atoms with Gasteiger partial charge in [0, 0.05) is 17.2 Å². The third-order valence-corrected chi connectivity index (χ3v) is 3.69. The minimum absolute atomic E-state index is 0.00894. The van der Waals surface area contributed by atoms with Crippen LogP contribution in [0.15, 0.2) is 6.07 Å². The summed E-state index contributed by atoms with van der Waals surface area (Å²) in [5.41, 5.74) is 1.56. The van der Waals surface area contributed by atoms with Crippen molar-refractivity contribution in [1.82, 2.24) is 0 Å². The molecule has 2 rings (SSSR count). The first kappa shape index (κ1) is 16.3. The topological polar surface area (TPSA) is 72.8 Å². The van der Waals surface area contributed by atoms with Crippen LogP contribution >= 0.6 is 0 Å². The van der Waals surface area contributed by atoms with Crippen molar-refractivity contribution >= 4 is 11.9 Å². The van der Waals surface area contributed by atoms with Gasteiger partial charge in [-0.1, -0.05) is 26.7 Å². The SMILES string of the molecule is CCCCc1c(O)cc2c(c1CCC)OC(=O)CCC(=O)O2. The lowest BCUT2D eigenvalue weighted by Gasteiger charge is -2.20. The second-order valence-corrected chi connectivity index (χ2v) is 5.48. The van der Waals surface area contributed by atoms with Gasteiger partial charge in [-0.05, 0) is 19.3 Å². The van der Waals surface area contributed by atoms with Crippen molar-refractivity contribution in [2.24, 2.45) is 0 Å². The molecular weight excluding hydrogens is 284 g/mol. The fourth-order valence-corrected chi connectivity index (χ4v) is 2.59. The second kappa shape index (κ2) is 7.29. The van der Waals surface area contributed by atoms with Crippen molar-refractivity contribution in [3.05, 3.63) is 17.2 Å². The highest BCUT2D eigenvalue weighted by molar-refractivity contribution is 5.83. The Morgan fingerprint density at radius 3 is 2.32 bits per heavy atom. The van der Waals surface area contributed by atoms with Crippen LogP contribution < -0.4 is 9.47 Å². The molecule has 0 unspecified atom stereocenters. The van der Waals surface area contributed by atoms with Gasteiger partial charge in [0.15, 0.2) is 11.5 Å². The molecule has 0 aliphatic carbocycles. The standard InChI is InChI=1S/C17H22O5/c1-3-5-7-11-12(6-4-2)17-14(10-13(11)18)21-15(19)8-9-16(20)22-17/h10,18H,3-9H2,1-2H3. The van der Waals surface area contributed by atoms with Crippen molar-refractivity contribution < 1.29 is 24.2 Å². The number of phenolic OH excluding ortho intramolecular Hbond substituents is 1. The molecule has 0 bridgehead atoms. The lowest BCUT2D eigenvalue weighted by molar-refractivity contribution is -0.142. The van der Waals surface area contributed by atoms with E-state index < -0.39 is 11.9 Å². The van der Waals surface area contributed by atoms with Gasteiger partial charge in [0.1, 0.15) is 5.75 Å². The average molecular weight is 306 g/mol. The third-order valence-electron chi connectivity index (χ3n) is 3.69. The van der Waals surface area contributed by atoms with Gasteiger partial charge in [0.05, 0.1) is 12.8 Å². The summed E-state index contributed by atoms with van der Waals surface area (Å²) in [6.45, 7) is 4.09. The predicted octanol–water partition coefficient (Wildman–Crippen LogP) is 3.29. The summed E-state index contributed by atoms with van der Waals surface area (Å²) < 4.78 is 10.7. The Balaban J connectivity index is 2.54. The average Bonchev–Trinajstić information content (AvgIpc) is 2.47. The molecule has 1 aromatic rings. The van der Waals surface area contributed by atoms with E-state index in [2.05, 4.69) is 6.92 Å². The summed E-state index contributed by atoms with van der Waals surface area (Å²) >= 11 is 0. The van der Waals surface area contributed by atoms with Crippen LogP contribution in [0.1, 0.15) is 57.1 Å². The fourth-order valence-electron chi connectivity index (χ4n) is 2.59. The lowest BCUT2D eigenvalue weighted by Crippen LogP contribution is -2.20. The van der Waals surface area contributed by atoms with E-state index in [1.54, 1.807) is 0 Å². The Bertz CT molecular complexity index is 577. The summed E-state index contributed by atoms with van der Waals surface area (Å²) in [5.74, 6) is -0.397. The van der Waals surface area contributed by atoms with Gasteiger partial charge in [-0.3, -0.25) is 9.59 Å². The van der Waals surface area contributed by atoms with Gasteiger partial charge in [-0.2, -0.15) is 0 Å². The zero-order valence-corrected chi connectivity index (χ0v) is 13.1. The highest BCUT2D eigenvalue weighted by Gasteiger charge is 2.25. The lowest BCUT2D eigenvalue weighted by atomic mass is 9.96. The zero-order chi connectivity index (χ0) is 16.1. The fraction of sp³-hybridized carbons (Fsp3) is 0.529. The Hall–Kier alpha value is -2.04. The number of phenols is 1. The van der Waals surface area contributed by atoms with Crippen molar-refractivity contribution in [3.8, 4) is 17.2 Å². The predicted molar refractivity (Wildman–Crippen MR) is 81.2 cm³/mol. The van der Waals surface area contributed by atoms with Crippen LogP contribution in [0.3, 0.4) is 0 Å². The van der Waals surface area contributed by atoms with Crippen molar-refractivity contribution in [2.45, 2.75) is 58.8 Å². The number of unbranched alkanes of at least 4 members (excludes halogenated alkanes) is 1. The molecule has 0 saturated carbocycles. The molecule has 0 aromatic heterocycles. The van der Waals surface area contributed by atoms with Gasteiger partial charge < -0.3 is 14.6 Å². The van der Waals surface area contributed by atoms with E-state index >= 15 is 0 Å². The number of fused-ring (bicyclic) bond motifs is 1. The molecule has 1 aromatic carbocycles. The summed E-state index contributed by atoms with van der Waals surface area (Å²) in [6.07, 6.45) is 4.11. The van der Waals surface area contributed by atoms with Gasteiger partial charge in [0.25, 0.3) is 0 Å². The van der Waals surface area contributed by atoms with Crippen molar-refractivity contribution in [1.29, 1.82) is 0 Å². The quantitative estimate of drug-likeness (QED) is 0.667. The Morgan fingerprint density at radius 2 is 1.68 bits per heavy atom. The maximum atomic E-state index is 11.8. The Labute approximate surface area is 130 Å². The molecule has 1 aliphatic heterocycles. The summed E-state index contributed by atoms with van der Waals surface area (Å²) in [5, 5.41) is 10.3. The van der Waals surface area contributed by atoms with E-state index in [4.69, 9.17) is 9.47 Å². The molecule has 0 atom stereocenters. The number of carbonyl (C=O) groups is 2. The molecule has 0 amide bonds. The number of hydrogen-bond acceptors (Lipinski definition) is 5. The number of rotatable bonds is 5. The van der Waals surface area contributed by atoms with E-state index in [1.807, 2.05) is 6.92 Å². The van der Waals surface area contributed by atoms with Crippen molar-refractivity contribution in [2.75, 3.05) is 0 Å². The minimum Gasteiger partial charge on any atom is -0.508 e. The molecular formula is C17H22O5. The first-order valence-electron chi connectivity index (χ1n) is 7.85. The van der Waals surface area contributed by atoms with Crippen LogP contribution in [0.25, 0.3) is 0 Å². The van der Waals surface area contributed by atoms with Gasteiger partial charge in [0.2, 0.25) is 0 Å². The van der Waals surface area contributed by atoms with Crippen LogP contribution in [0.5, 0.6) is 17.2 Å². The van der Waals surface area contributed by atoms with E-state index in [0.717, 1.165) is 30.4 Å². The molecule has 0 fully saturated rings. The Kier molecular flexibility index (Phi) is 5.41. The van der Waals surface area contributed by atoms with E-state index in [0.29, 0.717) is 18.6 Å². The monoisotopic (exact) mass is 306 g/mol. The molecule has 1 N–H and O–H groups in total. The normalized spacial score (nSPS) is 14.6. The molecule has 5 nitrogen and oxygen atoms in total. The molecule has 0 spiro atoms. The molecule has 1 heterocycles. The highest BCUT2D eigenvalue weighted by Crippen LogP contribution is 2.42. The third kappa shape index (κ3) is 3.59. The highest BCUT2D eigenvalue weighted by atomic mass is 16.6. The van der Waals surface area contributed by atoms with E-state index in [9.17, 15) is 14.7 Å². The number of carbonyl (C=O) groups excluding carboxylic acids is 2. The summed E-state index contributed by atoms with van der Waals surface area (Å²) in [7, 11) is 0. The maximum Gasteiger partial charge on any atom is 0.311 e. The van der Waals surface area contributed by atoms with Crippen LogP contribution in [-0.2, 0) is 22.4 Å². The molecule has 120 valence electrons. The van der Waals surface area contributed by atoms with Gasteiger partial charge >= 0.3 is 11.9 Å². The number of benzene rings is 1. The number of ether oxygens (including phenoxy) is 2. The molecule has 0 saturated heterocycles. The van der Waals surface area contributed by atoms with Crippen LogP contribution in [-0.4, -0.2) is 17.0 Å². The number of esters is 2. The second-order valence-electron chi connectivity index (χ2n) is 5.48. The number of aromatic hydroxyl groups is 1. The van der Waals surface area contributed by atoms with Crippen molar-refractivity contribution in [3.63, 3.8) is 0 Å². The largest absolute Gasteiger partial charge is 0.508 e. The number of hydrogen-bond donors (Lipinski definition) is 1. The van der Waals surface area contributed by atoms with Gasteiger partial charge in [-0.25, -0.2) is 0 Å². The van der Waals surface area contributed by atoms with Crippen LogP contribution in [0.4, 0.5) is 0 Å². The van der Waals surface area contributed by atoms with Crippen LogP contribution in [0, 0.1) is 0 Å². The molecule has 1 aliphatic rings. The molecule has 22 heavy (non-hydrogen) atoms. The molecule has 5 heteroatoms. The van der Waals surface area contributed by atoms with E-state index in [1.165, 1.54) is 6.07 Å². The summed E-state index contributed by atoms with van der Waals surface area (Å²) in [6, 6.07) is 1.38.